The minimum atomic E-state index is -4.39. The van der Waals surface area contributed by atoms with Crippen molar-refractivity contribution in [2.45, 2.75) is 50.4 Å². The van der Waals surface area contributed by atoms with Gasteiger partial charge in [-0.2, -0.15) is 18.3 Å². The molecule has 1 atom stereocenters. The number of carbonyl (C=O) groups excluding carboxylic acids is 1. The number of pyridine rings is 1. The summed E-state index contributed by atoms with van der Waals surface area (Å²) in [6.45, 7) is 1.66. The van der Waals surface area contributed by atoms with E-state index in [2.05, 4.69) is 25.4 Å². The van der Waals surface area contributed by atoms with Gasteiger partial charge in [-0.1, -0.05) is 6.07 Å². The molecule has 1 saturated carbocycles. The van der Waals surface area contributed by atoms with E-state index < -0.39 is 24.2 Å². The number of aliphatic hydroxyl groups is 1. The molecule has 1 saturated heterocycles. The first-order valence-corrected chi connectivity index (χ1v) is 11.3. The van der Waals surface area contributed by atoms with Gasteiger partial charge in [0.15, 0.2) is 0 Å². The molecular weight excluding hydrogens is 463 g/mol. The molecule has 184 valence electrons. The van der Waals surface area contributed by atoms with Crippen molar-refractivity contribution in [3.63, 3.8) is 0 Å². The zero-order chi connectivity index (χ0) is 24.8. The molecule has 1 aliphatic carbocycles. The fourth-order valence-corrected chi connectivity index (χ4v) is 4.01. The Morgan fingerprint density at radius 2 is 2.06 bits per heavy atom. The zero-order valence-corrected chi connectivity index (χ0v) is 19.0. The average molecular weight is 487 g/mol. The van der Waals surface area contributed by atoms with Crippen molar-refractivity contribution in [2.24, 2.45) is 0 Å². The third-order valence-corrected chi connectivity index (χ3v) is 5.94. The highest BCUT2D eigenvalue weighted by Gasteiger charge is 2.34. The summed E-state index contributed by atoms with van der Waals surface area (Å²) >= 11 is 0. The van der Waals surface area contributed by atoms with E-state index in [9.17, 15) is 23.1 Å². The Balaban J connectivity index is 1.35. The fraction of sp³-hybridized carbons (Fsp3) is 0.435. The molecule has 3 aromatic heterocycles. The lowest BCUT2D eigenvalue weighted by atomic mass is 10.1. The average Bonchev–Trinajstić information content (AvgIpc) is 3.44. The number of nitrogens with zero attached hydrogens (tertiary/aromatic N) is 6. The summed E-state index contributed by atoms with van der Waals surface area (Å²) in [5.74, 6) is 1.38. The van der Waals surface area contributed by atoms with Gasteiger partial charge in [-0.05, 0) is 38.3 Å². The lowest BCUT2D eigenvalue weighted by molar-refractivity contribution is -0.142. The Kier molecular flexibility index (Phi) is 5.70. The van der Waals surface area contributed by atoms with Crippen LogP contribution in [0.4, 0.5) is 24.8 Å². The number of anilines is 2. The van der Waals surface area contributed by atoms with Gasteiger partial charge in [0.1, 0.15) is 29.7 Å². The van der Waals surface area contributed by atoms with Crippen LogP contribution in [-0.2, 0) is 6.54 Å². The molecule has 12 heteroatoms. The normalized spacial score (nSPS) is 20.3. The number of rotatable bonds is 6. The van der Waals surface area contributed by atoms with Gasteiger partial charge in [-0.15, -0.1) is 0 Å². The van der Waals surface area contributed by atoms with Crippen LogP contribution in [0.15, 0.2) is 36.7 Å². The first kappa shape index (κ1) is 23.2. The van der Waals surface area contributed by atoms with Gasteiger partial charge in [0.05, 0.1) is 17.5 Å². The summed E-state index contributed by atoms with van der Waals surface area (Å²) in [6.07, 6.45) is 0.716. The molecule has 0 bridgehead atoms. The van der Waals surface area contributed by atoms with Crippen LogP contribution in [0.3, 0.4) is 0 Å². The SMILES string of the molecule is CC1(O)CCN(c2cc(NC(=O)c3cccc(-c4cnn(CC(F)(F)F)c4)n3)nc(C3CC3)n2)C1. The number of hydrogen-bond donors (Lipinski definition) is 2. The molecule has 4 heterocycles. The molecule has 3 aromatic rings. The van der Waals surface area contributed by atoms with Crippen LogP contribution in [0.1, 0.15) is 48.4 Å². The van der Waals surface area contributed by atoms with Gasteiger partial charge in [-0.25, -0.2) is 15.0 Å². The summed E-state index contributed by atoms with van der Waals surface area (Å²) in [5.41, 5.74) is -0.0205. The Bertz CT molecular complexity index is 1250. The van der Waals surface area contributed by atoms with Gasteiger partial charge >= 0.3 is 6.18 Å². The van der Waals surface area contributed by atoms with E-state index in [-0.39, 0.29) is 11.6 Å². The monoisotopic (exact) mass is 487 g/mol. The molecule has 2 fully saturated rings. The van der Waals surface area contributed by atoms with E-state index in [1.165, 1.54) is 18.5 Å². The van der Waals surface area contributed by atoms with Gasteiger partial charge in [0.25, 0.3) is 5.91 Å². The molecule has 1 aliphatic heterocycles. The van der Waals surface area contributed by atoms with E-state index in [0.717, 1.165) is 17.5 Å². The van der Waals surface area contributed by atoms with Crippen LogP contribution >= 0.6 is 0 Å². The first-order valence-electron chi connectivity index (χ1n) is 11.3. The zero-order valence-electron chi connectivity index (χ0n) is 19.0. The largest absolute Gasteiger partial charge is 0.408 e. The number of alkyl halides is 3. The summed E-state index contributed by atoms with van der Waals surface area (Å²) in [6, 6.07) is 6.39. The van der Waals surface area contributed by atoms with Crippen molar-refractivity contribution in [3.8, 4) is 11.3 Å². The van der Waals surface area contributed by atoms with Crippen LogP contribution < -0.4 is 10.2 Å². The number of β-amino-alcohol motifs (C(OH)–C–C–N with tert-alkyl or cyclic N) is 1. The van der Waals surface area contributed by atoms with Gasteiger partial charge in [0.2, 0.25) is 0 Å². The predicted molar refractivity (Wildman–Crippen MR) is 121 cm³/mol. The maximum atomic E-state index is 13.0. The summed E-state index contributed by atoms with van der Waals surface area (Å²) in [4.78, 5) is 28.4. The standard InChI is InChI=1S/C23H24F3N7O2/c1-22(35)7-8-32(12-22)19-9-18(29-20(31-19)14-5-6-14)30-21(34)17-4-2-3-16(28-17)15-10-27-33(11-15)13-23(24,25)26/h2-4,9-11,14,35H,5-8,12-13H2,1H3,(H,29,30,31,34). The third kappa shape index (κ3) is 5.59. The molecule has 9 nitrogen and oxygen atoms in total. The van der Waals surface area contributed by atoms with Crippen LogP contribution in [0.25, 0.3) is 11.3 Å². The lowest BCUT2D eigenvalue weighted by Crippen LogP contribution is -2.30. The summed E-state index contributed by atoms with van der Waals surface area (Å²) in [5, 5.41) is 16.8. The fourth-order valence-electron chi connectivity index (χ4n) is 4.01. The molecule has 0 spiro atoms. The van der Waals surface area contributed by atoms with Gasteiger partial charge < -0.3 is 15.3 Å². The number of amides is 1. The van der Waals surface area contributed by atoms with E-state index in [1.807, 2.05) is 4.90 Å². The Morgan fingerprint density at radius 3 is 2.74 bits per heavy atom. The highest BCUT2D eigenvalue weighted by molar-refractivity contribution is 6.02. The van der Waals surface area contributed by atoms with Crippen LogP contribution in [0, 0.1) is 0 Å². The summed E-state index contributed by atoms with van der Waals surface area (Å²) < 4.78 is 38.6. The van der Waals surface area contributed by atoms with Crippen molar-refractivity contribution in [3.05, 3.63) is 48.2 Å². The van der Waals surface area contributed by atoms with Crippen LogP contribution in [-0.4, -0.2) is 60.6 Å². The molecule has 0 aromatic carbocycles. The quantitative estimate of drug-likeness (QED) is 0.549. The highest BCUT2D eigenvalue weighted by atomic mass is 19.4. The molecule has 1 unspecified atom stereocenters. The highest BCUT2D eigenvalue weighted by Crippen LogP contribution is 2.39. The molecule has 1 amide bonds. The Labute approximate surface area is 199 Å². The molecule has 2 aliphatic rings. The predicted octanol–water partition coefficient (Wildman–Crippen LogP) is 3.39. The van der Waals surface area contributed by atoms with Crippen LogP contribution in [0.5, 0.6) is 0 Å². The number of hydrogen-bond acceptors (Lipinski definition) is 7. The molecule has 5 rings (SSSR count). The van der Waals surface area contributed by atoms with Crippen molar-refractivity contribution >= 4 is 17.5 Å². The molecular formula is C23H24F3N7O2. The lowest BCUT2D eigenvalue weighted by Gasteiger charge is -2.21. The molecule has 2 N–H and O–H groups in total. The number of nitrogens with one attached hydrogen (secondary N) is 1. The van der Waals surface area contributed by atoms with E-state index in [1.54, 1.807) is 25.1 Å². The number of halogens is 3. The topological polar surface area (TPSA) is 109 Å². The second-order valence-corrected chi connectivity index (χ2v) is 9.32. The smallest absolute Gasteiger partial charge is 0.388 e. The van der Waals surface area contributed by atoms with Crippen molar-refractivity contribution in [1.82, 2.24) is 24.7 Å². The van der Waals surface area contributed by atoms with E-state index >= 15 is 0 Å². The van der Waals surface area contributed by atoms with Crippen LogP contribution in [0.2, 0.25) is 0 Å². The van der Waals surface area contributed by atoms with Crippen molar-refractivity contribution in [1.29, 1.82) is 0 Å². The van der Waals surface area contributed by atoms with Crippen molar-refractivity contribution < 1.29 is 23.1 Å². The molecule has 0 radical (unpaired) electrons. The Hall–Kier alpha value is -3.54. The van der Waals surface area contributed by atoms with E-state index in [0.29, 0.717) is 48.2 Å². The third-order valence-electron chi connectivity index (χ3n) is 5.94. The maximum absolute atomic E-state index is 13.0. The first-order chi connectivity index (χ1) is 16.5. The minimum absolute atomic E-state index is 0.0864. The maximum Gasteiger partial charge on any atom is 0.408 e. The second kappa shape index (κ2) is 8.59. The second-order valence-electron chi connectivity index (χ2n) is 9.32. The van der Waals surface area contributed by atoms with Gasteiger partial charge in [0, 0.05) is 36.8 Å². The van der Waals surface area contributed by atoms with E-state index in [4.69, 9.17) is 0 Å². The van der Waals surface area contributed by atoms with Crippen molar-refractivity contribution in [2.75, 3.05) is 23.3 Å². The Morgan fingerprint density at radius 1 is 1.26 bits per heavy atom. The number of carbonyl (C=O) groups is 1. The minimum Gasteiger partial charge on any atom is -0.388 e. The van der Waals surface area contributed by atoms with Gasteiger partial charge in [-0.3, -0.25) is 9.48 Å². The molecule has 35 heavy (non-hydrogen) atoms. The summed E-state index contributed by atoms with van der Waals surface area (Å²) in [7, 11) is 0. The number of aromatic nitrogens is 5.